The van der Waals surface area contributed by atoms with Crippen LogP contribution in [0.15, 0.2) is 17.6 Å². The Morgan fingerprint density at radius 3 is 2.56 bits per heavy atom. The smallest absolute Gasteiger partial charge is 0.133 e. The Labute approximate surface area is 99.7 Å². The Bertz CT molecular complexity index is 202. The van der Waals surface area contributed by atoms with E-state index in [1.54, 1.807) is 6.21 Å². The zero-order valence-electron chi connectivity index (χ0n) is 10.8. The zero-order valence-corrected chi connectivity index (χ0v) is 10.8. The molecule has 0 spiro atoms. The van der Waals surface area contributed by atoms with Crippen molar-refractivity contribution in [2.45, 2.75) is 39.7 Å². The van der Waals surface area contributed by atoms with Crippen LogP contribution in [0.3, 0.4) is 0 Å². The van der Waals surface area contributed by atoms with Crippen molar-refractivity contribution in [3.8, 4) is 0 Å². The number of nitrogens with zero attached hydrogens (tertiary/aromatic N) is 1. The Hall–Kier alpha value is -0.670. The zero-order chi connectivity index (χ0) is 12.4. The molecule has 0 saturated heterocycles. The highest BCUT2D eigenvalue weighted by atomic mass is 16.3. The minimum atomic E-state index is -0.124. The van der Waals surface area contributed by atoms with Crippen LogP contribution in [0.1, 0.15) is 33.6 Å². The van der Waals surface area contributed by atoms with Gasteiger partial charge in [0.1, 0.15) is 6.73 Å². The van der Waals surface area contributed by atoms with Gasteiger partial charge in [-0.05, 0) is 24.7 Å². The van der Waals surface area contributed by atoms with Crippen molar-refractivity contribution in [3.05, 3.63) is 12.7 Å². The number of allylic oxidation sites excluding steroid dienone is 1. The summed E-state index contributed by atoms with van der Waals surface area (Å²) in [6.07, 6.45) is 5.93. The van der Waals surface area contributed by atoms with E-state index in [0.29, 0.717) is 17.9 Å². The molecule has 0 aliphatic heterocycles. The second kappa shape index (κ2) is 9.55. The van der Waals surface area contributed by atoms with E-state index in [2.05, 4.69) is 37.7 Å². The average Bonchev–Trinajstić information content (AvgIpc) is 2.22. The number of hydrogen-bond donors (Lipinski definition) is 2. The first kappa shape index (κ1) is 15.3. The van der Waals surface area contributed by atoms with Crippen LogP contribution in [-0.2, 0) is 0 Å². The third-order valence-electron chi connectivity index (χ3n) is 2.71. The largest absolute Gasteiger partial charge is 0.375 e. The minimum Gasteiger partial charge on any atom is -0.375 e. The lowest BCUT2D eigenvalue weighted by Crippen LogP contribution is -2.36. The van der Waals surface area contributed by atoms with Gasteiger partial charge in [0, 0.05) is 18.8 Å². The monoisotopic (exact) mass is 226 g/mol. The van der Waals surface area contributed by atoms with Crippen LogP contribution in [0.2, 0.25) is 0 Å². The highest BCUT2D eigenvalue weighted by Crippen LogP contribution is 2.15. The maximum atomic E-state index is 8.52. The standard InChI is InChI=1S/C13H26N2O/c1-5-6-12(4)9-13(11(2)3)15-8-7-14-10-16/h5,7,11-13,15-16H,1,6,8-10H2,2-4H3. The molecular formula is C13H26N2O. The lowest BCUT2D eigenvalue weighted by Gasteiger charge is -2.24. The van der Waals surface area contributed by atoms with Gasteiger partial charge < -0.3 is 10.4 Å². The molecule has 0 heterocycles. The topological polar surface area (TPSA) is 44.6 Å². The van der Waals surface area contributed by atoms with Crippen LogP contribution in [0.5, 0.6) is 0 Å². The van der Waals surface area contributed by atoms with Crippen LogP contribution in [0.25, 0.3) is 0 Å². The third kappa shape index (κ3) is 7.60. The number of nitrogens with one attached hydrogen (secondary N) is 1. The molecule has 0 aromatic heterocycles. The third-order valence-corrected chi connectivity index (χ3v) is 2.71. The summed E-state index contributed by atoms with van der Waals surface area (Å²) in [5, 5.41) is 12.0. The Morgan fingerprint density at radius 1 is 1.38 bits per heavy atom. The fraction of sp³-hybridized carbons (Fsp3) is 0.769. The predicted octanol–water partition coefficient (Wildman–Crippen LogP) is 2.22. The van der Waals surface area contributed by atoms with Gasteiger partial charge in [-0.1, -0.05) is 26.8 Å². The Morgan fingerprint density at radius 2 is 2.06 bits per heavy atom. The molecule has 0 rings (SSSR count). The molecule has 2 unspecified atom stereocenters. The van der Waals surface area contributed by atoms with E-state index in [0.717, 1.165) is 19.4 Å². The summed E-state index contributed by atoms with van der Waals surface area (Å²) in [7, 11) is 0. The lowest BCUT2D eigenvalue weighted by atomic mass is 9.92. The van der Waals surface area contributed by atoms with E-state index in [1.165, 1.54) is 0 Å². The number of aliphatic hydroxyl groups is 1. The van der Waals surface area contributed by atoms with Gasteiger partial charge in [0.25, 0.3) is 0 Å². The van der Waals surface area contributed by atoms with Gasteiger partial charge in [0.2, 0.25) is 0 Å². The van der Waals surface area contributed by atoms with Crippen molar-refractivity contribution in [1.29, 1.82) is 0 Å². The molecule has 3 heteroatoms. The highest BCUT2D eigenvalue weighted by molar-refractivity contribution is 5.59. The van der Waals surface area contributed by atoms with Crippen LogP contribution in [-0.4, -0.2) is 30.6 Å². The van der Waals surface area contributed by atoms with Gasteiger partial charge in [0.05, 0.1) is 0 Å². The van der Waals surface area contributed by atoms with Gasteiger partial charge in [-0.15, -0.1) is 6.58 Å². The number of aliphatic hydroxyl groups excluding tert-OH is 1. The molecule has 0 fully saturated rings. The van der Waals surface area contributed by atoms with E-state index < -0.39 is 0 Å². The summed E-state index contributed by atoms with van der Waals surface area (Å²) in [5.74, 6) is 1.27. The van der Waals surface area contributed by atoms with Crippen molar-refractivity contribution in [1.82, 2.24) is 5.32 Å². The average molecular weight is 226 g/mol. The van der Waals surface area contributed by atoms with Gasteiger partial charge in [-0.25, -0.2) is 0 Å². The number of aliphatic imine (C=N–C) groups is 1. The summed E-state index contributed by atoms with van der Waals surface area (Å²) >= 11 is 0. The molecule has 3 nitrogen and oxygen atoms in total. The molecule has 0 amide bonds. The van der Waals surface area contributed by atoms with Crippen molar-refractivity contribution in [2.24, 2.45) is 16.8 Å². The van der Waals surface area contributed by atoms with Crippen LogP contribution in [0.4, 0.5) is 0 Å². The minimum absolute atomic E-state index is 0.124. The lowest BCUT2D eigenvalue weighted by molar-refractivity contribution is 0.309. The first-order valence-corrected chi connectivity index (χ1v) is 6.05. The second-order valence-electron chi connectivity index (χ2n) is 4.63. The van der Waals surface area contributed by atoms with Gasteiger partial charge >= 0.3 is 0 Å². The number of hydrogen-bond acceptors (Lipinski definition) is 3. The molecule has 0 aromatic carbocycles. The Balaban J connectivity index is 3.96. The van der Waals surface area contributed by atoms with E-state index in [4.69, 9.17) is 5.11 Å². The molecule has 2 N–H and O–H groups in total. The molecule has 0 aliphatic carbocycles. The van der Waals surface area contributed by atoms with E-state index in [-0.39, 0.29) is 6.73 Å². The van der Waals surface area contributed by atoms with Crippen molar-refractivity contribution in [2.75, 3.05) is 13.3 Å². The number of rotatable bonds is 9. The Kier molecular flexibility index (Phi) is 9.15. The van der Waals surface area contributed by atoms with Crippen molar-refractivity contribution < 1.29 is 5.11 Å². The molecule has 0 bridgehead atoms. The first-order valence-electron chi connectivity index (χ1n) is 6.05. The fourth-order valence-corrected chi connectivity index (χ4v) is 1.73. The normalized spacial score (nSPS) is 15.6. The van der Waals surface area contributed by atoms with E-state index in [1.807, 2.05) is 6.08 Å². The van der Waals surface area contributed by atoms with Gasteiger partial charge in [-0.3, -0.25) is 4.99 Å². The summed E-state index contributed by atoms with van der Waals surface area (Å²) in [5.41, 5.74) is 0. The molecule has 0 aromatic rings. The molecule has 0 radical (unpaired) electrons. The van der Waals surface area contributed by atoms with Gasteiger partial charge in [0.15, 0.2) is 0 Å². The van der Waals surface area contributed by atoms with Crippen LogP contribution < -0.4 is 5.32 Å². The maximum Gasteiger partial charge on any atom is 0.133 e. The second-order valence-corrected chi connectivity index (χ2v) is 4.63. The van der Waals surface area contributed by atoms with E-state index >= 15 is 0 Å². The summed E-state index contributed by atoms with van der Waals surface area (Å²) in [6, 6.07) is 0.500. The highest BCUT2D eigenvalue weighted by Gasteiger charge is 2.14. The molecule has 0 aliphatic rings. The molecule has 94 valence electrons. The predicted molar refractivity (Wildman–Crippen MR) is 70.8 cm³/mol. The van der Waals surface area contributed by atoms with Crippen molar-refractivity contribution >= 4 is 6.21 Å². The maximum absolute atomic E-state index is 8.52. The van der Waals surface area contributed by atoms with Crippen molar-refractivity contribution in [3.63, 3.8) is 0 Å². The van der Waals surface area contributed by atoms with Crippen LogP contribution >= 0.6 is 0 Å². The summed E-state index contributed by atoms with van der Waals surface area (Å²) < 4.78 is 0. The van der Waals surface area contributed by atoms with E-state index in [9.17, 15) is 0 Å². The quantitative estimate of drug-likeness (QED) is 0.468. The first-order chi connectivity index (χ1) is 7.61. The summed E-state index contributed by atoms with van der Waals surface area (Å²) in [4.78, 5) is 3.77. The van der Waals surface area contributed by atoms with Gasteiger partial charge in [-0.2, -0.15) is 0 Å². The molecular weight excluding hydrogens is 200 g/mol. The summed E-state index contributed by atoms with van der Waals surface area (Å²) in [6.45, 7) is 11.1. The van der Waals surface area contributed by atoms with Crippen LogP contribution in [0, 0.1) is 11.8 Å². The fourth-order valence-electron chi connectivity index (χ4n) is 1.73. The molecule has 0 saturated carbocycles. The SMILES string of the molecule is C=CCC(C)CC(NCC=NCO)C(C)C. The molecule has 2 atom stereocenters. The molecule has 16 heavy (non-hydrogen) atoms.